The Morgan fingerprint density at radius 1 is 1.67 bits per heavy atom. The van der Waals surface area contributed by atoms with Gasteiger partial charge in [-0.05, 0) is 13.0 Å². The molecule has 0 radical (unpaired) electrons. The highest BCUT2D eigenvalue weighted by Crippen LogP contribution is 2.18. The zero-order valence-electron chi connectivity index (χ0n) is 5.01. The Bertz CT molecular complexity index is 292. The quantitative estimate of drug-likeness (QED) is 0.592. The van der Waals surface area contributed by atoms with Gasteiger partial charge in [0.1, 0.15) is 4.83 Å². The Morgan fingerprint density at radius 2 is 2.56 bits per heavy atom. The van der Waals surface area contributed by atoms with E-state index in [1.165, 1.54) is 4.83 Å². The van der Waals surface area contributed by atoms with E-state index < -0.39 is 0 Å². The van der Waals surface area contributed by atoms with Crippen LogP contribution in [0.25, 0.3) is 10.3 Å². The predicted molar refractivity (Wildman–Crippen MR) is 38.7 cm³/mol. The minimum absolute atomic E-state index is 1.08. The molecule has 3 heteroatoms. The molecule has 2 aromatic heterocycles. The van der Waals surface area contributed by atoms with E-state index in [0.29, 0.717) is 0 Å². The molecular weight excluding hydrogens is 132 g/mol. The smallest absolute Gasteiger partial charge is 0.120 e. The third-order valence-corrected chi connectivity index (χ3v) is 2.13. The molecule has 0 aromatic carbocycles. The molecule has 2 aromatic rings. The summed E-state index contributed by atoms with van der Waals surface area (Å²) in [5.41, 5.74) is 1.08. The van der Waals surface area contributed by atoms with Gasteiger partial charge in [0.25, 0.3) is 0 Å². The van der Waals surface area contributed by atoms with Crippen molar-refractivity contribution in [2.24, 2.45) is 0 Å². The first-order valence-corrected chi connectivity index (χ1v) is 3.58. The van der Waals surface area contributed by atoms with E-state index in [4.69, 9.17) is 0 Å². The van der Waals surface area contributed by atoms with Gasteiger partial charge < -0.3 is 4.98 Å². The number of H-pyrrole nitrogens is 1. The van der Waals surface area contributed by atoms with Crippen LogP contribution in [-0.4, -0.2) is 9.97 Å². The molecule has 2 heterocycles. The van der Waals surface area contributed by atoms with Gasteiger partial charge in [0.15, 0.2) is 0 Å². The van der Waals surface area contributed by atoms with Crippen molar-refractivity contribution in [1.82, 2.24) is 9.97 Å². The van der Waals surface area contributed by atoms with Crippen LogP contribution in [0.3, 0.4) is 0 Å². The fraction of sp³-hybridized carbons (Fsp3) is 0.167. The number of aromatic nitrogens is 2. The lowest BCUT2D eigenvalue weighted by atomic mass is 10.6. The zero-order chi connectivity index (χ0) is 6.27. The van der Waals surface area contributed by atoms with Gasteiger partial charge in [-0.2, -0.15) is 0 Å². The molecule has 0 aliphatic heterocycles. The van der Waals surface area contributed by atoms with E-state index in [1.807, 2.05) is 19.2 Å². The second kappa shape index (κ2) is 1.57. The molecule has 0 atom stereocenters. The lowest BCUT2D eigenvalue weighted by molar-refractivity contribution is 1.35. The number of hydrogen-bond donors (Lipinski definition) is 1. The first kappa shape index (κ1) is 4.99. The molecule has 0 amide bonds. The van der Waals surface area contributed by atoms with E-state index in [2.05, 4.69) is 9.97 Å². The lowest BCUT2D eigenvalue weighted by Gasteiger charge is -1.69. The maximum absolute atomic E-state index is 4.26. The summed E-state index contributed by atoms with van der Waals surface area (Å²) < 4.78 is 0. The van der Waals surface area contributed by atoms with Crippen molar-refractivity contribution in [3.8, 4) is 0 Å². The Kier molecular flexibility index (Phi) is 0.873. The number of hydrogen-bond acceptors (Lipinski definition) is 2. The topological polar surface area (TPSA) is 28.7 Å². The third kappa shape index (κ3) is 0.650. The van der Waals surface area contributed by atoms with Gasteiger partial charge in [-0.25, -0.2) is 4.98 Å². The number of aromatic amines is 1. The van der Waals surface area contributed by atoms with E-state index in [0.717, 1.165) is 10.5 Å². The van der Waals surface area contributed by atoms with Crippen LogP contribution in [0.1, 0.15) is 5.01 Å². The Hall–Kier alpha value is -0.830. The minimum atomic E-state index is 1.08. The van der Waals surface area contributed by atoms with Crippen LogP contribution in [0.4, 0.5) is 0 Å². The fourth-order valence-electron chi connectivity index (χ4n) is 0.856. The van der Waals surface area contributed by atoms with Gasteiger partial charge >= 0.3 is 0 Å². The molecule has 0 fully saturated rings. The molecule has 1 N–H and O–H groups in total. The highest BCUT2D eigenvalue weighted by Gasteiger charge is 1.97. The summed E-state index contributed by atoms with van der Waals surface area (Å²) in [6.45, 7) is 2.01. The van der Waals surface area contributed by atoms with E-state index in [9.17, 15) is 0 Å². The first-order valence-electron chi connectivity index (χ1n) is 2.77. The molecule has 2 rings (SSSR count). The van der Waals surface area contributed by atoms with Gasteiger partial charge in [-0.3, -0.25) is 0 Å². The molecule has 0 saturated heterocycles. The first-order chi connectivity index (χ1) is 4.36. The third-order valence-electron chi connectivity index (χ3n) is 1.22. The molecular formula is C6H6N2S. The average molecular weight is 138 g/mol. The van der Waals surface area contributed by atoms with Crippen LogP contribution in [0.5, 0.6) is 0 Å². The van der Waals surface area contributed by atoms with Crippen molar-refractivity contribution in [3.05, 3.63) is 17.3 Å². The lowest BCUT2D eigenvalue weighted by Crippen LogP contribution is -1.61. The van der Waals surface area contributed by atoms with E-state index in [1.54, 1.807) is 11.3 Å². The average Bonchev–Trinajstić information content (AvgIpc) is 2.22. The van der Waals surface area contributed by atoms with Gasteiger partial charge in [-0.15, -0.1) is 11.3 Å². The summed E-state index contributed by atoms with van der Waals surface area (Å²) in [6.07, 6.45) is 1.91. The number of thiazole rings is 1. The Morgan fingerprint density at radius 3 is 3.33 bits per heavy atom. The van der Waals surface area contributed by atoms with Gasteiger partial charge in [0.2, 0.25) is 0 Å². The Balaban J connectivity index is 2.92. The maximum atomic E-state index is 4.26. The number of nitrogens with zero attached hydrogens (tertiary/aromatic N) is 1. The number of nitrogens with one attached hydrogen (secondary N) is 1. The molecule has 0 unspecified atom stereocenters. The monoisotopic (exact) mass is 138 g/mol. The summed E-state index contributed by atoms with van der Waals surface area (Å²) in [7, 11) is 0. The van der Waals surface area contributed by atoms with Crippen LogP contribution in [-0.2, 0) is 0 Å². The van der Waals surface area contributed by atoms with E-state index in [-0.39, 0.29) is 0 Å². The van der Waals surface area contributed by atoms with Gasteiger partial charge in [0.05, 0.1) is 10.5 Å². The number of aryl methyl sites for hydroxylation is 1. The van der Waals surface area contributed by atoms with Crippen LogP contribution < -0.4 is 0 Å². The highest BCUT2D eigenvalue weighted by molar-refractivity contribution is 7.18. The van der Waals surface area contributed by atoms with Crippen LogP contribution in [0.2, 0.25) is 0 Å². The molecule has 0 bridgehead atoms. The summed E-state index contributed by atoms with van der Waals surface area (Å²) in [6, 6.07) is 1.98. The summed E-state index contributed by atoms with van der Waals surface area (Å²) >= 11 is 1.69. The van der Waals surface area contributed by atoms with Crippen molar-refractivity contribution in [2.75, 3.05) is 0 Å². The molecule has 0 aliphatic carbocycles. The fourth-order valence-corrected chi connectivity index (χ4v) is 1.64. The van der Waals surface area contributed by atoms with Crippen LogP contribution >= 0.6 is 11.3 Å². The van der Waals surface area contributed by atoms with Crippen molar-refractivity contribution in [1.29, 1.82) is 0 Å². The highest BCUT2D eigenvalue weighted by atomic mass is 32.1. The van der Waals surface area contributed by atoms with E-state index >= 15 is 0 Å². The molecule has 0 aliphatic rings. The largest absolute Gasteiger partial charge is 0.352 e. The second-order valence-electron chi connectivity index (χ2n) is 1.92. The molecule has 0 spiro atoms. The van der Waals surface area contributed by atoms with Gasteiger partial charge in [0, 0.05) is 6.20 Å². The summed E-state index contributed by atoms with van der Waals surface area (Å²) in [4.78, 5) is 8.53. The van der Waals surface area contributed by atoms with Crippen molar-refractivity contribution < 1.29 is 0 Å². The number of rotatable bonds is 0. The van der Waals surface area contributed by atoms with Crippen molar-refractivity contribution >= 4 is 21.7 Å². The zero-order valence-corrected chi connectivity index (χ0v) is 5.83. The number of fused-ring (bicyclic) bond motifs is 1. The molecule has 0 saturated carbocycles. The summed E-state index contributed by atoms with van der Waals surface area (Å²) in [5.74, 6) is 0. The predicted octanol–water partition coefficient (Wildman–Crippen LogP) is 1.93. The molecule has 2 nitrogen and oxygen atoms in total. The SMILES string of the molecule is Cc1nc2cc[nH]c2s1. The molecule has 46 valence electrons. The second-order valence-corrected chi connectivity index (χ2v) is 3.13. The minimum Gasteiger partial charge on any atom is -0.352 e. The van der Waals surface area contributed by atoms with Crippen molar-refractivity contribution in [3.63, 3.8) is 0 Å². The standard InChI is InChI=1S/C6H6N2S/c1-4-8-5-2-3-7-6(5)9-4/h2-3,7H,1H3. The van der Waals surface area contributed by atoms with Crippen molar-refractivity contribution in [2.45, 2.75) is 6.92 Å². The molecule has 9 heavy (non-hydrogen) atoms. The maximum Gasteiger partial charge on any atom is 0.120 e. The normalized spacial score (nSPS) is 10.8. The van der Waals surface area contributed by atoms with Crippen LogP contribution in [0.15, 0.2) is 12.3 Å². The Labute approximate surface area is 56.5 Å². The van der Waals surface area contributed by atoms with Crippen LogP contribution in [0, 0.1) is 6.92 Å². The van der Waals surface area contributed by atoms with Gasteiger partial charge in [-0.1, -0.05) is 0 Å². The summed E-state index contributed by atoms with van der Waals surface area (Å²) in [5, 5.41) is 1.12.